The monoisotopic (exact) mass is 340 g/mol. The van der Waals surface area contributed by atoms with Gasteiger partial charge in [-0.05, 0) is 42.0 Å². The molecule has 0 atom stereocenters. The average molecular weight is 341 g/mol. The third-order valence-corrected chi connectivity index (χ3v) is 3.78. The number of amides is 2. The van der Waals surface area contributed by atoms with E-state index in [9.17, 15) is 4.79 Å². The Labute approximate surface area is 145 Å². The number of carbonyl (C=O) groups excluding carboxylic acids is 1. The first-order valence-electron chi connectivity index (χ1n) is 7.58. The molecule has 0 radical (unpaired) electrons. The summed E-state index contributed by atoms with van der Waals surface area (Å²) in [7, 11) is 0. The standard InChI is InChI=1S/C19H17ClN2O2/c20-16-10-8-15(9-11-16)13-22(14-18-7-4-12-24-18)19(23)21-17-5-2-1-3-6-17/h1-12H,13-14H2,(H,21,23). The molecular weight excluding hydrogens is 324 g/mol. The Morgan fingerprint density at radius 2 is 1.71 bits per heavy atom. The number of hydrogen-bond acceptors (Lipinski definition) is 2. The van der Waals surface area contributed by atoms with E-state index in [1.165, 1.54) is 0 Å². The van der Waals surface area contributed by atoms with Gasteiger partial charge in [0.15, 0.2) is 0 Å². The Bertz CT molecular complexity index is 771. The van der Waals surface area contributed by atoms with Crippen molar-refractivity contribution in [1.29, 1.82) is 0 Å². The van der Waals surface area contributed by atoms with Crippen molar-refractivity contribution in [3.05, 3.63) is 89.3 Å². The maximum atomic E-state index is 12.7. The predicted octanol–water partition coefficient (Wildman–Crippen LogP) is 5.17. The molecule has 3 aromatic rings. The van der Waals surface area contributed by atoms with Crippen molar-refractivity contribution < 1.29 is 9.21 Å². The van der Waals surface area contributed by atoms with Crippen LogP contribution in [-0.2, 0) is 13.1 Å². The summed E-state index contributed by atoms with van der Waals surface area (Å²) in [5.74, 6) is 0.729. The molecule has 0 spiro atoms. The second kappa shape index (κ2) is 7.70. The lowest BCUT2D eigenvalue weighted by atomic mass is 10.2. The molecule has 24 heavy (non-hydrogen) atoms. The van der Waals surface area contributed by atoms with E-state index in [1.54, 1.807) is 11.2 Å². The molecule has 0 aliphatic heterocycles. The molecule has 1 N–H and O–H groups in total. The molecule has 5 heteroatoms. The number of hydrogen-bond donors (Lipinski definition) is 1. The van der Waals surface area contributed by atoms with Crippen molar-refractivity contribution >= 4 is 23.3 Å². The number of urea groups is 1. The topological polar surface area (TPSA) is 45.5 Å². The molecule has 0 aliphatic carbocycles. The average Bonchev–Trinajstić information content (AvgIpc) is 3.10. The summed E-state index contributed by atoms with van der Waals surface area (Å²) < 4.78 is 5.38. The van der Waals surface area contributed by atoms with Gasteiger partial charge in [0.2, 0.25) is 0 Å². The van der Waals surface area contributed by atoms with E-state index in [-0.39, 0.29) is 6.03 Å². The number of anilines is 1. The van der Waals surface area contributed by atoms with Crippen molar-refractivity contribution in [2.45, 2.75) is 13.1 Å². The van der Waals surface area contributed by atoms with E-state index in [0.717, 1.165) is 17.0 Å². The second-order valence-electron chi connectivity index (χ2n) is 5.36. The number of para-hydroxylation sites is 1. The zero-order valence-electron chi connectivity index (χ0n) is 13.0. The molecule has 1 aromatic heterocycles. The summed E-state index contributed by atoms with van der Waals surface area (Å²) in [6.07, 6.45) is 1.60. The van der Waals surface area contributed by atoms with Gasteiger partial charge >= 0.3 is 6.03 Å². The molecule has 0 aliphatic rings. The number of carbonyl (C=O) groups is 1. The third-order valence-electron chi connectivity index (χ3n) is 3.53. The highest BCUT2D eigenvalue weighted by Crippen LogP contribution is 2.16. The molecule has 122 valence electrons. The van der Waals surface area contributed by atoms with Gasteiger partial charge in [-0.25, -0.2) is 4.79 Å². The van der Waals surface area contributed by atoms with Crippen LogP contribution in [0.25, 0.3) is 0 Å². The molecule has 0 saturated heterocycles. The number of nitrogens with zero attached hydrogens (tertiary/aromatic N) is 1. The van der Waals surface area contributed by atoms with E-state index >= 15 is 0 Å². The molecule has 4 nitrogen and oxygen atoms in total. The van der Waals surface area contributed by atoms with Crippen molar-refractivity contribution in [2.24, 2.45) is 0 Å². The minimum absolute atomic E-state index is 0.187. The smallest absolute Gasteiger partial charge is 0.322 e. The van der Waals surface area contributed by atoms with E-state index in [1.807, 2.05) is 66.7 Å². The molecule has 0 unspecified atom stereocenters. The van der Waals surface area contributed by atoms with Crippen molar-refractivity contribution in [2.75, 3.05) is 5.32 Å². The number of rotatable bonds is 5. The molecular formula is C19H17ClN2O2. The summed E-state index contributed by atoms with van der Waals surface area (Å²) >= 11 is 5.93. The first-order valence-corrected chi connectivity index (χ1v) is 7.96. The van der Waals surface area contributed by atoms with Crippen molar-refractivity contribution in [1.82, 2.24) is 4.90 Å². The minimum Gasteiger partial charge on any atom is -0.467 e. The zero-order valence-corrected chi connectivity index (χ0v) is 13.7. The molecule has 2 amide bonds. The fourth-order valence-electron chi connectivity index (χ4n) is 2.32. The van der Waals surface area contributed by atoms with E-state index in [0.29, 0.717) is 18.1 Å². The fraction of sp³-hybridized carbons (Fsp3) is 0.105. The summed E-state index contributed by atoms with van der Waals surface area (Å²) in [6.45, 7) is 0.838. The highest BCUT2D eigenvalue weighted by atomic mass is 35.5. The number of nitrogens with one attached hydrogen (secondary N) is 1. The van der Waals surface area contributed by atoms with Gasteiger partial charge in [0, 0.05) is 17.3 Å². The van der Waals surface area contributed by atoms with Crippen LogP contribution >= 0.6 is 11.6 Å². The highest BCUT2D eigenvalue weighted by molar-refractivity contribution is 6.30. The van der Waals surface area contributed by atoms with E-state index in [4.69, 9.17) is 16.0 Å². The first-order chi connectivity index (χ1) is 11.7. The van der Waals surface area contributed by atoms with Gasteiger partial charge in [-0.15, -0.1) is 0 Å². The van der Waals surface area contributed by atoms with Gasteiger partial charge in [-0.2, -0.15) is 0 Å². The van der Waals surface area contributed by atoms with Crippen LogP contribution in [-0.4, -0.2) is 10.9 Å². The maximum absolute atomic E-state index is 12.7. The van der Waals surface area contributed by atoms with Gasteiger partial charge in [0.1, 0.15) is 5.76 Å². The molecule has 0 fully saturated rings. The summed E-state index contributed by atoms with van der Waals surface area (Å²) in [5, 5.41) is 3.58. The van der Waals surface area contributed by atoms with Crippen LogP contribution in [0.4, 0.5) is 10.5 Å². The summed E-state index contributed by atoms with van der Waals surface area (Å²) in [5.41, 5.74) is 1.75. The lowest BCUT2D eigenvalue weighted by Gasteiger charge is -2.22. The van der Waals surface area contributed by atoms with Crippen LogP contribution in [0.3, 0.4) is 0 Å². The SMILES string of the molecule is O=C(Nc1ccccc1)N(Cc1ccc(Cl)cc1)Cc1ccco1. The largest absolute Gasteiger partial charge is 0.467 e. The highest BCUT2D eigenvalue weighted by Gasteiger charge is 2.16. The first kappa shape index (κ1) is 16.1. The number of furan rings is 1. The van der Waals surface area contributed by atoms with E-state index in [2.05, 4.69) is 5.32 Å². The van der Waals surface area contributed by atoms with Crippen LogP contribution in [0.1, 0.15) is 11.3 Å². The second-order valence-corrected chi connectivity index (χ2v) is 5.79. The van der Waals surface area contributed by atoms with E-state index < -0.39 is 0 Å². The minimum atomic E-state index is -0.187. The molecule has 1 heterocycles. The van der Waals surface area contributed by atoms with Crippen molar-refractivity contribution in [3.8, 4) is 0 Å². The van der Waals surface area contributed by atoms with Crippen LogP contribution in [0.15, 0.2) is 77.4 Å². The summed E-state index contributed by atoms with van der Waals surface area (Å²) in [4.78, 5) is 14.3. The lowest BCUT2D eigenvalue weighted by molar-refractivity contribution is 0.201. The molecule has 0 saturated carbocycles. The van der Waals surface area contributed by atoms with Crippen LogP contribution in [0.2, 0.25) is 5.02 Å². The van der Waals surface area contributed by atoms with Gasteiger partial charge in [0.25, 0.3) is 0 Å². The van der Waals surface area contributed by atoms with Crippen molar-refractivity contribution in [3.63, 3.8) is 0 Å². The van der Waals surface area contributed by atoms with Gasteiger partial charge in [-0.3, -0.25) is 0 Å². The Morgan fingerprint density at radius 1 is 0.958 bits per heavy atom. The Kier molecular flexibility index (Phi) is 5.18. The van der Waals surface area contributed by atoms with Crippen LogP contribution < -0.4 is 5.32 Å². The van der Waals surface area contributed by atoms with Gasteiger partial charge < -0.3 is 14.6 Å². The number of benzene rings is 2. The van der Waals surface area contributed by atoms with Gasteiger partial charge in [0.05, 0.1) is 12.8 Å². The Balaban J connectivity index is 1.75. The molecule has 2 aromatic carbocycles. The Hall–Kier alpha value is -2.72. The Morgan fingerprint density at radius 3 is 2.38 bits per heavy atom. The fourth-order valence-corrected chi connectivity index (χ4v) is 2.45. The van der Waals surface area contributed by atoms with Gasteiger partial charge in [-0.1, -0.05) is 41.9 Å². The zero-order chi connectivity index (χ0) is 16.8. The summed E-state index contributed by atoms with van der Waals surface area (Å²) in [6, 6.07) is 20.3. The van der Waals surface area contributed by atoms with Crippen LogP contribution in [0, 0.1) is 0 Å². The lowest BCUT2D eigenvalue weighted by Crippen LogP contribution is -2.33. The number of halogens is 1. The molecule has 0 bridgehead atoms. The van der Waals surface area contributed by atoms with Crippen LogP contribution in [0.5, 0.6) is 0 Å². The normalized spacial score (nSPS) is 10.4. The predicted molar refractivity (Wildman–Crippen MR) is 94.9 cm³/mol. The third kappa shape index (κ3) is 4.40. The quantitative estimate of drug-likeness (QED) is 0.696. The maximum Gasteiger partial charge on any atom is 0.322 e. The molecule has 3 rings (SSSR count).